The molecule has 1 saturated heterocycles. The highest BCUT2D eigenvalue weighted by Crippen LogP contribution is 2.48. The summed E-state index contributed by atoms with van der Waals surface area (Å²) in [4.78, 5) is 18.2. The van der Waals surface area contributed by atoms with E-state index in [1.807, 2.05) is 23.1 Å². The Bertz CT molecular complexity index is 1030. The van der Waals surface area contributed by atoms with E-state index in [2.05, 4.69) is 69.9 Å². The van der Waals surface area contributed by atoms with Crippen LogP contribution in [0, 0.1) is 0 Å². The van der Waals surface area contributed by atoms with Gasteiger partial charge in [0.05, 0.1) is 7.11 Å². The zero-order valence-electron chi connectivity index (χ0n) is 21.1. The average Bonchev–Trinajstić information content (AvgIpc) is 3.11. The number of amides is 1. The summed E-state index contributed by atoms with van der Waals surface area (Å²) in [6.07, 6.45) is 4.41. The van der Waals surface area contributed by atoms with Gasteiger partial charge in [-0.05, 0) is 86.7 Å². The summed E-state index contributed by atoms with van der Waals surface area (Å²) in [6, 6.07) is 14.4. The van der Waals surface area contributed by atoms with E-state index in [0.717, 1.165) is 56.0 Å². The summed E-state index contributed by atoms with van der Waals surface area (Å²) >= 11 is 0. The number of hydrogen-bond donors (Lipinski definition) is 0. The number of nitrogens with zero attached hydrogens (tertiary/aromatic N) is 2. The fourth-order valence-corrected chi connectivity index (χ4v) is 5.13. The summed E-state index contributed by atoms with van der Waals surface area (Å²) in [5, 5.41) is 0. The fourth-order valence-electron chi connectivity index (χ4n) is 5.13. The van der Waals surface area contributed by atoms with Gasteiger partial charge in [-0.3, -0.25) is 9.69 Å². The van der Waals surface area contributed by atoms with Gasteiger partial charge in [-0.2, -0.15) is 0 Å². The van der Waals surface area contributed by atoms with Crippen LogP contribution >= 0.6 is 0 Å². The van der Waals surface area contributed by atoms with Gasteiger partial charge in [-0.15, -0.1) is 0 Å². The van der Waals surface area contributed by atoms with Gasteiger partial charge in [-0.25, -0.2) is 0 Å². The number of hydrogen-bond acceptors (Lipinski definition) is 3. The van der Waals surface area contributed by atoms with Crippen molar-refractivity contribution in [3.05, 3.63) is 70.8 Å². The van der Waals surface area contributed by atoms with Crippen molar-refractivity contribution in [2.24, 2.45) is 0 Å². The van der Waals surface area contributed by atoms with Crippen molar-refractivity contribution in [3.63, 3.8) is 0 Å². The molecule has 4 rings (SSSR count). The van der Waals surface area contributed by atoms with Crippen LogP contribution in [0.4, 0.5) is 5.69 Å². The zero-order chi connectivity index (χ0) is 23.8. The number of likely N-dealkylation sites (tertiary alicyclic amines) is 1. The maximum atomic E-state index is 13.7. The summed E-state index contributed by atoms with van der Waals surface area (Å²) in [5.41, 5.74) is 5.73. The number of carbonyl (C=O) groups excluding carboxylic acids is 1. The number of fused-ring (bicyclic) bond motifs is 2. The Kier molecular flexibility index (Phi) is 6.41. The quantitative estimate of drug-likeness (QED) is 0.544. The summed E-state index contributed by atoms with van der Waals surface area (Å²) < 4.78 is 5.56. The van der Waals surface area contributed by atoms with Crippen molar-refractivity contribution < 1.29 is 9.53 Å². The second-order valence-corrected chi connectivity index (χ2v) is 11.0. The third-order valence-corrected chi connectivity index (χ3v) is 7.34. The molecule has 33 heavy (non-hydrogen) atoms. The van der Waals surface area contributed by atoms with Crippen molar-refractivity contribution in [3.8, 4) is 5.75 Å². The lowest BCUT2D eigenvalue weighted by molar-refractivity contribution is 0.0977. The number of methoxy groups -OCH3 is 1. The van der Waals surface area contributed by atoms with E-state index < -0.39 is 0 Å². The van der Waals surface area contributed by atoms with Gasteiger partial charge in [0.2, 0.25) is 0 Å². The third-order valence-electron chi connectivity index (χ3n) is 7.34. The molecule has 2 aliphatic rings. The molecule has 2 aromatic carbocycles. The molecule has 0 saturated carbocycles. The second-order valence-electron chi connectivity index (χ2n) is 11.0. The van der Waals surface area contributed by atoms with Crippen molar-refractivity contribution >= 4 is 11.6 Å². The number of benzene rings is 2. The topological polar surface area (TPSA) is 32.8 Å². The molecule has 0 bridgehead atoms. The van der Waals surface area contributed by atoms with Crippen molar-refractivity contribution in [1.82, 2.24) is 4.90 Å². The fraction of sp³-hybridized carbons (Fsp3) is 0.483. The Balaban J connectivity index is 1.61. The molecular weight excluding hydrogens is 408 g/mol. The van der Waals surface area contributed by atoms with Gasteiger partial charge in [0, 0.05) is 29.8 Å². The van der Waals surface area contributed by atoms with Crippen LogP contribution in [0.5, 0.6) is 5.75 Å². The van der Waals surface area contributed by atoms with Crippen LogP contribution in [-0.2, 0) is 10.8 Å². The Morgan fingerprint density at radius 3 is 2.30 bits per heavy atom. The smallest absolute Gasteiger partial charge is 0.258 e. The maximum Gasteiger partial charge on any atom is 0.258 e. The molecule has 4 heteroatoms. The molecule has 4 nitrogen and oxygen atoms in total. The molecule has 176 valence electrons. The minimum Gasteiger partial charge on any atom is -0.497 e. The van der Waals surface area contributed by atoms with E-state index in [9.17, 15) is 4.79 Å². The summed E-state index contributed by atoms with van der Waals surface area (Å²) in [7, 11) is 1.71. The van der Waals surface area contributed by atoms with Crippen LogP contribution in [0.15, 0.2) is 54.1 Å². The number of piperidine rings is 1. The van der Waals surface area contributed by atoms with Crippen LogP contribution in [0.3, 0.4) is 0 Å². The largest absolute Gasteiger partial charge is 0.497 e. The lowest BCUT2D eigenvalue weighted by Gasteiger charge is -2.39. The lowest BCUT2D eigenvalue weighted by atomic mass is 9.74. The van der Waals surface area contributed by atoms with E-state index >= 15 is 0 Å². The molecule has 0 aromatic heterocycles. The SMILES string of the molecule is COc1ccc2c(c1)C1(CCN(CC=C(C)C)CC1)CN2C(=O)c1ccc(C(C)(C)C)cc1. The molecule has 0 radical (unpaired) electrons. The maximum absolute atomic E-state index is 13.7. The van der Waals surface area contributed by atoms with Crippen LogP contribution in [0.1, 0.15) is 68.9 Å². The summed E-state index contributed by atoms with van der Waals surface area (Å²) in [6.45, 7) is 14.7. The van der Waals surface area contributed by atoms with Crippen LogP contribution < -0.4 is 9.64 Å². The van der Waals surface area contributed by atoms with E-state index in [1.165, 1.54) is 16.7 Å². The Hall–Kier alpha value is -2.59. The predicted molar refractivity (Wildman–Crippen MR) is 137 cm³/mol. The van der Waals surface area contributed by atoms with Gasteiger partial charge in [0.15, 0.2) is 0 Å². The van der Waals surface area contributed by atoms with E-state index in [4.69, 9.17) is 4.74 Å². The van der Waals surface area contributed by atoms with Crippen LogP contribution in [0.25, 0.3) is 0 Å². The van der Waals surface area contributed by atoms with Crippen molar-refractivity contribution in [2.75, 3.05) is 38.2 Å². The van der Waals surface area contributed by atoms with Gasteiger partial charge in [0.25, 0.3) is 5.91 Å². The minimum atomic E-state index is -0.00758. The molecule has 1 amide bonds. The number of rotatable bonds is 4. The molecule has 0 atom stereocenters. The molecule has 2 aromatic rings. The molecule has 0 unspecified atom stereocenters. The number of carbonyl (C=O) groups is 1. The van der Waals surface area contributed by atoms with Gasteiger partial charge < -0.3 is 9.64 Å². The van der Waals surface area contributed by atoms with Gasteiger partial charge in [0.1, 0.15) is 5.75 Å². The Morgan fingerprint density at radius 2 is 1.73 bits per heavy atom. The highest BCUT2D eigenvalue weighted by Gasteiger charge is 2.46. The molecule has 0 aliphatic carbocycles. The Labute approximate surface area is 199 Å². The first kappa shape index (κ1) is 23.6. The molecule has 0 N–H and O–H groups in total. The molecule has 2 heterocycles. The predicted octanol–water partition coefficient (Wildman–Crippen LogP) is 5.95. The first-order valence-corrected chi connectivity index (χ1v) is 12.1. The molecular formula is C29H38N2O2. The van der Waals surface area contributed by atoms with Crippen LogP contribution in [0.2, 0.25) is 0 Å². The first-order chi connectivity index (χ1) is 15.6. The van der Waals surface area contributed by atoms with E-state index in [0.29, 0.717) is 0 Å². The highest BCUT2D eigenvalue weighted by atomic mass is 16.5. The number of anilines is 1. The highest BCUT2D eigenvalue weighted by molar-refractivity contribution is 6.07. The second kappa shape index (κ2) is 8.98. The van der Waals surface area contributed by atoms with Crippen LogP contribution in [-0.4, -0.2) is 44.1 Å². The molecule has 1 fully saturated rings. The average molecular weight is 447 g/mol. The summed E-state index contributed by atoms with van der Waals surface area (Å²) in [5.74, 6) is 0.953. The minimum absolute atomic E-state index is 0.00758. The van der Waals surface area contributed by atoms with E-state index in [-0.39, 0.29) is 16.7 Å². The van der Waals surface area contributed by atoms with Gasteiger partial charge >= 0.3 is 0 Å². The van der Waals surface area contributed by atoms with Crippen molar-refractivity contribution in [1.29, 1.82) is 0 Å². The Morgan fingerprint density at radius 1 is 1.06 bits per heavy atom. The van der Waals surface area contributed by atoms with Gasteiger partial charge in [-0.1, -0.05) is 44.6 Å². The normalized spacial score (nSPS) is 17.7. The number of ether oxygens (including phenoxy) is 1. The standard InChI is InChI=1S/C29H38N2O2/c1-21(2)13-16-30-17-14-29(15-18-30)20-31(26-12-11-24(33-6)19-25(26)29)27(32)22-7-9-23(10-8-22)28(3,4)5/h7-13,19H,14-18,20H2,1-6H3. The molecule has 1 spiro atoms. The monoisotopic (exact) mass is 446 g/mol. The first-order valence-electron chi connectivity index (χ1n) is 12.1. The lowest BCUT2D eigenvalue weighted by Crippen LogP contribution is -2.46. The zero-order valence-corrected chi connectivity index (χ0v) is 21.1. The van der Waals surface area contributed by atoms with E-state index in [1.54, 1.807) is 7.11 Å². The molecule has 2 aliphatic heterocycles. The van der Waals surface area contributed by atoms with Crippen molar-refractivity contribution in [2.45, 2.75) is 58.3 Å². The number of allylic oxidation sites excluding steroid dienone is 1. The third kappa shape index (κ3) is 4.72.